The molecule has 0 aromatic carbocycles. The molecule has 0 aliphatic rings. The smallest absolute Gasteiger partial charge is 0.220 e. The summed E-state index contributed by atoms with van der Waals surface area (Å²) in [6, 6.07) is -0.646. The van der Waals surface area contributed by atoms with Crippen LogP contribution in [0, 0.1) is 0 Å². The molecule has 2 atom stereocenters. The Balaban J connectivity index is 3.73. The van der Waals surface area contributed by atoms with Crippen molar-refractivity contribution < 1.29 is 15.0 Å². The SMILES string of the molecule is CC/C=C\C/C=C\C/C=C\C/C=C\C/C=C\C/C=C\C/C=C\C/C=C\C/C=C\C/C=C\C/C=C\CCCCCC(=O)NC(CO)C(O)/C=C/CCCCC. The number of rotatable bonds is 35. The minimum Gasteiger partial charge on any atom is -0.394 e. The maximum absolute atomic E-state index is 12.2. The van der Waals surface area contributed by atoms with Gasteiger partial charge in [0.15, 0.2) is 0 Å². The summed E-state index contributed by atoms with van der Waals surface area (Å²) in [5.41, 5.74) is 0. The van der Waals surface area contributed by atoms with E-state index < -0.39 is 12.1 Å². The molecule has 0 fully saturated rings. The summed E-state index contributed by atoms with van der Waals surface area (Å²) in [5.74, 6) is -0.112. The molecule has 0 aliphatic carbocycles. The highest BCUT2D eigenvalue weighted by molar-refractivity contribution is 5.76. The molecule has 54 heavy (non-hydrogen) atoms. The van der Waals surface area contributed by atoms with Gasteiger partial charge in [0.25, 0.3) is 0 Å². The van der Waals surface area contributed by atoms with E-state index in [2.05, 4.69) is 153 Å². The van der Waals surface area contributed by atoms with E-state index in [4.69, 9.17) is 0 Å². The van der Waals surface area contributed by atoms with Crippen LogP contribution in [0.5, 0.6) is 0 Å². The fourth-order valence-corrected chi connectivity index (χ4v) is 5.12. The first-order valence-corrected chi connectivity index (χ1v) is 21.0. The van der Waals surface area contributed by atoms with E-state index in [0.29, 0.717) is 6.42 Å². The van der Waals surface area contributed by atoms with Crippen LogP contribution < -0.4 is 5.32 Å². The van der Waals surface area contributed by atoms with Crippen molar-refractivity contribution in [2.45, 2.75) is 154 Å². The Hall–Kier alpha value is -3.73. The van der Waals surface area contributed by atoms with Crippen LogP contribution in [0.15, 0.2) is 146 Å². The summed E-state index contributed by atoms with van der Waals surface area (Å²) in [5, 5.41) is 22.6. The maximum atomic E-state index is 12.2. The Kier molecular flexibility index (Phi) is 40.7. The van der Waals surface area contributed by atoms with Crippen LogP contribution >= 0.6 is 0 Å². The van der Waals surface area contributed by atoms with Crippen molar-refractivity contribution >= 4 is 5.91 Å². The summed E-state index contributed by atoms with van der Waals surface area (Å²) < 4.78 is 0. The largest absolute Gasteiger partial charge is 0.394 e. The highest BCUT2D eigenvalue weighted by atomic mass is 16.3. The highest BCUT2D eigenvalue weighted by Gasteiger charge is 2.17. The molecule has 0 heterocycles. The molecule has 4 heteroatoms. The van der Waals surface area contributed by atoms with Gasteiger partial charge in [-0.05, 0) is 103 Å². The van der Waals surface area contributed by atoms with Crippen molar-refractivity contribution in [2.75, 3.05) is 6.61 Å². The third kappa shape index (κ3) is 39.5. The van der Waals surface area contributed by atoms with Gasteiger partial charge >= 0.3 is 0 Å². The number of hydrogen-bond donors (Lipinski definition) is 3. The number of carbonyl (C=O) groups excluding carboxylic acids is 1. The summed E-state index contributed by atoms with van der Waals surface area (Å²) in [4.78, 5) is 12.2. The number of aliphatic hydroxyl groups excluding tert-OH is 2. The lowest BCUT2D eigenvalue weighted by atomic mass is 10.1. The zero-order valence-electron chi connectivity index (χ0n) is 34.2. The monoisotopic (exact) mass is 740 g/mol. The van der Waals surface area contributed by atoms with Gasteiger partial charge in [-0.25, -0.2) is 0 Å². The van der Waals surface area contributed by atoms with Crippen molar-refractivity contribution in [3.8, 4) is 0 Å². The fourth-order valence-electron chi connectivity index (χ4n) is 5.12. The van der Waals surface area contributed by atoms with Crippen LogP contribution in [0.1, 0.15) is 142 Å². The van der Waals surface area contributed by atoms with Crippen molar-refractivity contribution in [1.82, 2.24) is 5.32 Å². The predicted octanol–water partition coefficient (Wildman–Crippen LogP) is 13.3. The van der Waals surface area contributed by atoms with Gasteiger partial charge in [0.1, 0.15) is 0 Å². The van der Waals surface area contributed by atoms with Crippen molar-refractivity contribution in [3.05, 3.63) is 146 Å². The molecule has 1 amide bonds. The first-order valence-electron chi connectivity index (χ1n) is 21.0. The van der Waals surface area contributed by atoms with Crippen LogP contribution in [0.25, 0.3) is 0 Å². The number of amides is 1. The molecule has 0 spiro atoms. The van der Waals surface area contributed by atoms with E-state index in [0.717, 1.165) is 122 Å². The van der Waals surface area contributed by atoms with Gasteiger partial charge in [0, 0.05) is 6.42 Å². The van der Waals surface area contributed by atoms with E-state index in [9.17, 15) is 15.0 Å². The number of carbonyl (C=O) groups is 1. The van der Waals surface area contributed by atoms with E-state index in [1.807, 2.05) is 6.08 Å². The molecular formula is C50H77NO3. The number of allylic oxidation sites excluding steroid dienone is 23. The normalized spacial score (nSPS) is 14.5. The lowest BCUT2D eigenvalue weighted by Gasteiger charge is -2.19. The average Bonchev–Trinajstić information content (AvgIpc) is 3.18. The van der Waals surface area contributed by atoms with Gasteiger partial charge in [-0.1, -0.05) is 179 Å². The van der Waals surface area contributed by atoms with Crippen LogP contribution in [0.4, 0.5) is 0 Å². The molecule has 0 bridgehead atoms. The first-order chi connectivity index (χ1) is 26.7. The van der Waals surface area contributed by atoms with Crippen LogP contribution in [-0.2, 0) is 4.79 Å². The van der Waals surface area contributed by atoms with Gasteiger partial charge in [-0.15, -0.1) is 0 Å². The standard InChI is InChI=1S/C50H77NO3/c1-3-5-7-9-10-11-12-13-14-15-16-17-18-19-20-21-22-23-24-25-26-27-28-29-30-31-32-33-34-35-36-37-38-39-40-42-44-46-50(54)51-48(47-52)49(53)45-43-41-8-6-4-2/h5,7,10-11,13-14,16-17,19-20,22-23,25-26,28-29,31-32,34-35,37-38,43,45,48-49,52-53H,3-4,6,8-9,12,15,18,21,24,27,30,33,36,39-42,44,46-47H2,1-2H3,(H,51,54)/b7-5-,11-10-,14-13-,17-16-,20-19-,23-22-,26-25-,29-28-,32-31-,35-34-,38-37-,45-43+. The molecular weight excluding hydrogens is 663 g/mol. The summed E-state index contributed by atoms with van der Waals surface area (Å²) in [7, 11) is 0. The van der Waals surface area contributed by atoms with Gasteiger partial charge in [-0.3, -0.25) is 4.79 Å². The molecule has 0 aliphatic heterocycles. The van der Waals surface area contributed by atoms with Gasteiger partial charge in [0.2, 0.25) is 5.91 Å². The number of unbranched alkanes of at least 4 members (excludes halogenated alkanes) is 6. The molecule has 3 N–H and O–H groups in total. The molecule has 300 valence electrons. The second-order valence-corrected chi connectivity index (χ2v) is 13.3. The lowest BCUT2D eigenvalue weighted by molar-refractivity contribution is -0.123. The maximum Gasteiger partial charge on any atom is 0.220 e. The minimum absolute atomic E-state index is 0.112. The topological polar surface area (TPSA) is 69.6 Å². The first kappa shape index (κ1) is 50.3. The second kappa shape index (κ2) is 43.7. The van der Waals surface area contributed by atoms with Gasteiger partial charge in [-0.2, -0.15) is 0 Å². The quantitative estimate of drug-likeness (QED) is 0.0448. The minimum atomic E-state index is -0.859. The Morgan fingerprint density at radius 2 is 0.815 bits per heavy atom. The van der Waals surface area contributed by atoms with Crippen LogP contribution in [-0.4, -0.2) is 34.9 Å². The summed E-state index contributed by atoms with van der Waals surface area (Å²) >= 11 is 0. The zero-order valence-corrected chi connectivity index (χ0v) is 34.2. The van der Waals surface area contributed by atoms with E-state index in [1.54, 1.807) is 6.08 Å². The molecule has 2 unspecified atom stereocenters. The Morgan fingerprint density at radius 3 is 1.19 bits per heavy atom. The van der Waals surface area contributed by atoms with Crippen molar-refractivity contribution in [2.24, 2.45) is 0 Å². The molecule has 0 aromatic rings. The van der Waals surface area contributed by atoms with Gasteiger partial charge in [0.05, 0.1) is 18.8 Å². The molecule has 0 aromatic heterocycles. The van der Waals surface area contributed by atoms with Crippen LogP contribution in [0.3, 0.4) is 0 Å². The van der Waals surface area contributed by atoms with E-state index >= 15 is 0 Å². The number of nitrogens with one attached hydrogen (secondary N) is 1. The predicted molar refractivity (Wildman–Crippen MR) is 238 cm³/mol. The van der Waals surface area contributed by atoms with E-state index in [1.165, 1.54) is 0 Å². The zero-order chi connectivity index (χ0) is 39.3. The third-order valence-electron chi connectivity index (χ3n) is 8.33. The molecule has 0 rings (SSSR count). The van der Waals surface area contributed by atoms with Gasteiger partial charge < -0.3 is 15.5 Å². The average molecular weight is 740 g/mol. The molecule has 0 saturated heterocycles. The Labute approximate surface area is 332 Å². The Bertz CT molecular complexity index is 1200. The van der Waals surface area contributed by atoms with Crippen LogP contribution in [0.2, 0.25) is 0 Å². The highest BCUT2D eigenvalue weighted by Crippen LogP contribution is 2.07. The Morgan fingerprint density at radius 1 is 0.463 bits per heavy atom. The van der Waals surface area contributed by atoms with Crippen molar-refractivity contribution in [1.29, 1.82) is 0 Å². The second-order valence-electron chi connectivity index (χ2n) is 13.3. The molecule has 0 radical (unpaired) electrons. The molecule has 4 nitrogen and oxygen atoms in total. The third-order valence-corrected chi connectivity index (χ3v) is 8.33. The van der Waals surface area contributed by atoms with Crippen molar-refractivity contribution in [3.63, 3.8) is 0 Å². The molecule has 0 saturated carbocycles. The summed E-state index contributed by atoms with van der Waals surface area (Å²) in [6.07, 6.45) is 71.3. The summed E-state index contributed by atoms with van der Waals surface area (Å²) in [6.45, 7) is 4.04. The fraction of sp³-hybridized carbons (Fsp3) is 0.500. The van der Waals surface area contributed by atoms with E-state index in [-0.39, 0.29) is 12.5 Å². The lowest BCUT2D eigenvalue weighted by Crippen LogP contribution is -2.45. The number of hydrogen-bond acceptors (Lipinski definition) is 3. The number of aliphatic hydroxyl groups is 2.